The second kappa shape index (κ2) is 7.05. The summed E-state index contributed by atoms with van der Waals surface area (Å²) in [5.74, 6) is -1.18. The fourth-order valence-corrected chi connectivity index (χ4v) is 2.77. The molecule has 0 spiro atoms. The average Bonchev–Trinajstić information content (AvgIpc) is 2.77. The molecule has 1 aliphatic rings. The summed E-state index contributed by atoms with van der Waals surface area (Å²) < 4.78 is 39.2. The monoisotopic (exact) mass is 373 g/mol. The van der Waals surface area contributed by atoms with Crippen LogP contribution in [0.4, 0.5) is 14.5 Å². The molecule has 0 atom stereocenters. The molecule has 0 aliphatic carbocycles. The number of hydrogen-bond acceptors (Lipinski definition) is 3. The first-order chi connectivity index (χ1) is 12.6. The number of carbonyl (C=O) groups excluding carboxylic acids is 1. The summed E-state index contributed by atoms with van der Waals surface area (Å²) in [7, 11) is -0.794. The molecule has 1 N–H and O–H groups in total. The van der Waals surface area contributed by atoms with Gasteiger partial charge in [-0.3, -0.25) is 4.79 Å². The molecule has 0 aromatic heterocycles. The van der Waals surface area contributed by atoms with Crippen molar-refractivity contribution in [2.75, 3.05) is 5.32 Å². The fraction of sp³-hybridized carbons (Fsp3) is 0.350. The van der Waals surface area contributed by atoms with Crippen LogP contribution in [0.15, 0.2) is 42.5 Å². The number of anilines is 1. The highest BCUT2D eigenvalue weighted by molar-refractivity contribution is 6.62. The molecule has 1 fully saturated rings. The molecule has 0 radical (unpaired) electrons. The Morgan fingerprint density at radius 2 is 1.59 bits per heavy atom. The van der Waals surface area contributed by atoms with E-state index in [4.69, 9.17) is 9.31 Å². The molecule has 1 saturated heterocycles. The van der Waals surface area contributed by atoms with Crippen molar-refractivity contribution >= 4 is 24.2 Å². The van der Waals surface area contributed by atoms with Crippen molar-refractivity contribution < 1.29 is 22.9 Å². The van der Waals surface area contributed by atoms with Gasteiger partial charge in [-0.1, -0.05) is 12.1 Å². The first kappa shape index (κ1) is 19.5. The lowest BCUT2D eigenvalue weighted by molar-refractivity contribution is -0.115. The molecule has 1 heterocycles. The lowest BCUT2D eigenvalue weighted by atomic mass is 9.78. The molecule has 3 rings (SSSR count). The maximum atomic E-state index is 14.6. The van der Waals surface area contributed by atoms with Crippen molar-refractivity contribution in [1.82, 2.24) is 0 Å². The Morgan fingerprint density at radius 1 is 1.00 bits per heavy atom. The van der Waals surface area contributed by atoms with Crippen LogP contribution < -0.4 is 10.8 Å². The van der Waals surface area contributed by atoms with Crippen LogP contribution in [0.5, 0.6) is 0 Å². The van der Waals surface area contributed by atoms with Crippen LogP contribution in [0, 0.1) is 11.6 Å². The Hall–Kier alpha value is -2.25. The SMILES string of the molecule is CC1(C)OB(c2ccc(CC(=O)Nc3ccc(F)cc3)cc2F)OC1(C)C. The molecule has 1 aliphatic heterocycles. The molecular formula is C20H22BF2NO3. The van der Waals surface area contributed by atoms with E-state index in [0.717, 1.165) is 0 Å². The van der Waals surface area contributed by atoms with Crippen molar-refractivity contribution in [3.05, 3.63) is 59.7 Å². The Morgan fingerprint density at radius 3 is 2.15 bits per heavy atom. The van der Waals surface area contributed by atoms with Crippen LogP contribution in [0.3, 0.4) is 0 Å². The number of halogens is 2. The normalized spacial score (nSPS) is 17.8. The summed E-state index contributed by atoms with van der Waals surface area (Å²) in [6.07, 6.45) is -0.00204. The van der Waals surface area contributed by atoms with E-state index in [9.17, 15) is 13.6 Å². The largest absolute Gasteiger partial charge is 0.497 e. The second-order valence-corrected chi connectivity index (χ2v) is 7.68. The van der Waals surface area contributed by atoms with Gasteiger partial charge in [-0.25, -0.2) is 8.78 Å². The highest BCUT2D eigenvalue weighted by atomic mass is 19.1. The third-order valence-corrected chi connectivity index (χ3v) is 5.06. The predicted octanol–water partition coefficient (Wildman–Crippen LogP) is 3.45. The van der Waals surface area contributed by atoms with Crippen LogP contribution in [-0.4, -0.2) is 24.2 Å². The summed E-state index contributed by atoms with van der Waals surface area (Å²) in [5, 5.41) is 2.65. The van der Waals surface area contributed by atoms with Gasteiger partial charge in [0.25, 0.3) is 0 Å². The van der Waals surface area contributed by atoms with Gasteiger partial charge >= 0.3 is 7.12 Å². The second-order valence-electron chi connectivity index (χ2n) is 7.68. The quantitative estimate of drug-likeness (QED) is 0.836. The van der Waals surface area contributed by atoms with E-state index in [1.165, 1.54) is 30.3 Å². The van der Waals surface area contributed by atoms with E-state index in [2.05, 4.69) is 5.32 Å². The van der Waals surface area contributed by atoms with Gasteiger partial charge in [-0.05, 0) is 63.6 Å². The lowest BCUT2D eigenvalue weighted by Crippen LogP contribution is -2.41. The Bertz CT molecular complexity index is 837. The molecule has 0 saturated carbocycles. The minimum absolute atomic E-state index is 0.00204. The number of amides is 1. The van der Waals surface area contributed by atoms with Gasteiger partial charge in [-0.2, -0.15) is 0 Å². The van der Waals surface area contributed by atoms with Gasteiger partial charge in [0.15, 0.2) is 0 Å². The van der Waals surface area contributed by atoms with E-state index in [1.54, 1.807) is 12.1 Å². The lowest BCUT2D eigenvalue weighted by Gasteiger charge is -2.32. The molecule has 2 aromatic rings. The highest BCUT2D eigenvalue weighted by Gasteiger charge is 2.52. The van der Waals surface area contributed by atoms with E-state index in [-0.39, 0.29) is 18.1 Å². The topological polar surface area (TPSA) is 47.6 Å². The number of nitrogens with one attached hydrogen (secondary N) is 1. The minimum Gasteiger partial charge on any atom is -0.399 e. The van der Waals surface area contributed by atoms with Crippen LogP contribution in [0.25, 0.3) is 0 Å². The van der Waals surface area contributed by atoms with Crippen LogP contribution in [0.1, 0.15) is 33.3 Å². The van der Waals surface area contributed by atoms with E-state index in [1.807, 2.05) is 27.7 Å². The maximum absolute atomic E-state index is 14.6. The van der Waals surface area contributed by atoms with Crippen molar-refractivity contribution in [2.45, 2.75) is 45.3 Å². The summed E-state index contributed by atoms with van der Waals surface area (Å²) in [5.41, 5.74) is 0.190. The molecule has 142 valence electrons. The highest BCUT2D eigenvalue weighted by Crippen LogP contribution is 2.36. The molecule has 0 unspecified atom stereocenters. The maximum Gasteiger partial charge on any atom is 0.497 e. The number of hydrogen-bond donors (Lipinski definition) is 1. The van der Waals surface area contributed by atoms with Crippen molar-refractivity contribution in [3.63, 3.8) is 0 Å². The van der Waals surface area contributed by atoms with E-state index < -0.39 is 24.1 Å². The molecule has 0 bridgehead atoms. The summed E-state index contributed by atoms with van der Waals surface area (Å²) >= 11 is 0. The Balaban J connectivity index is 1.68. The molecular weight excluding hydrogens is 351 g/mol. The molecule has 1 amide bonds. The number of benzene rings is 2. The molecule has 7 heteroatoms. The average molecular weight is 373 g/mol. The zero-order chi connectivity index (χ0) is 19.8. The van der Waals surface area contributed by atoms with Gasteiger partial charge in [0.05, 0.1) is 17.6 Å². The van der Waals surface area contributed by atoms with Crippen molar-refractivity contribution in [1.29, 1.82) is 0 Å². The third kappa shape index (κ3) is 4.20. The third-order valence-electron chi connectivity index (χ3n) is 5.06. The van der Waals surface area contributed by atoms with E-state index in [0.29, 0.717) is 16.7 Å². The summed E-state index contributed by atoms with van der Waals surface area (Å²) in [6, 6.07) is 10.0. The Labute approximate surface area is 158 Å². The van der Waals surface area contributed by atoms with Gasteiger partial charge in [0.2, 0.25) is 5.91 Å². The predicted molar refractivity (Wildman–Crippen MR) is 101 cm³/mol. The van der Waals surface area contributed by atoms with Crippen molar-refractivity contribution in [3.8, 4) is 0 Å². The Kier molecular flexibility index (Phi) is 5.10. The van der Waals surface area contributed by atoms with Gasteiger partial charge in [-0.15, -0.1) is 0 Å². The number of rotatable bonds is 4. The summed E-state index contributed by atoms with van der Waals surface area (Å²) in [6.45, 7) is 7.61. The van der Waals surface area contributed by atoms with Crippen LogP contribution in [-0.2, 0) is 20.5 Å². The molecule has 2 aromatic carbocycles. The van der Waals surface area contributed by atoms with Crippen LogP contribution >= 0.6 is 0 Å². The zero-order valence-corrected chi connectivity index (χ0v) is 15.8. The first-order valence-corrected chi connectivity index (χ1v) is 8.77. The number of carbonyl (C=O) groups is 1. The van der Waals surface area contributed by atoms with Gasteiger partial charge < -0.3 is 14.6 Å². The first-order valence-electron chi connectivity index (χ1n) is 8.77. The van der Waals surface area contributed by atoms with Crippen LogP contribution in [0.2, 0.25) is 0 Å². The smallest absolute Gasteiger partial charge is 0.399 e. The molecule has 4 nitrogen and oxygen atoms in total. The van der Waals surface area contributed by atoms with E-state index >= 15 is 0 Å². The van der Waals surface area contributed by atoms with Gasteiger partial charge in [0, 0.05) is 11.2 Å². The van der Waals surface area contributed by atoms with Crippen molar-refractivity contribution in [2.24, 2.45) is 0 Å². The summed E-state index contributed by atoms with van der Waals surface area (Å²) in [4.78, 5) is 12.1. The van der Waals surface area contributed by atoms with Gasteiger partial charge in [0.1, 0.15) is 11.6 Å². The molecule has 27 heavy (non-hydrogen) atoms. The standard InChI is InChI=1S/C20H22BF2NO3/c1-19(2)20(3,4)27-21(26-19)16-10-5-13(11-17(16)23)12-18(25)24-15-8-6-14(22)7-9-15/h5-11H,12H2,1-4H3,(H,24,25). The fourth-order valence-electron chi connectivity index (χ4n) is 2.77. The zero-order valence-electron chi connectivity index (χ0n) is 15.8. The minimum atomic E-state index is -0.794.